The second-order valence-electron chi connectivity index (χ2n) is 10.3. The minimum Gasteiger partial charge on any atom is -0.463 e. The first-order valence-electron chi connectivity index (χ1n) is 13.6. The van der Waals surface area contributed by atoms with E-state index in [1.165, 1.54) is 35.7 Å². The molecule has 9 heteroatoms. The van der Waals surface area contributed by atoms with E-state index in [9.17, 15) is 14.4 Å². The molecule has 2 aromatic carbocycles. The molecule has 41 heavy (non-hydrogen) atoms. The first kappa shape index (κ1) is 28.6. The molecule has 5 rings (SSSR count). The van der Waals surface area contributed by atoms with Gasteiger partial charge >= 0.3 is 17.9 Å². The van der Waals surface area contributed by atoms with Crippen molar-refractivity contribution in [3.63, 3.8) is 0 Å². The summed E-state index contributed by atoms with van der Waals surface area (Å²) < 4.78 is 24.5. The van der Waals surface area contributed by atoms with Crippen LogP contribution in [0, 0.1) is 6.92 Å². The maximum atomic E-state index is 12.3. The van der Waals surface area contributed by atoms with Crippen LogP contribution in [0.2, 0.25) is 0 Å². The average molecular weight is 576 g/mol. The first-order valence-corrected chi connectivity index (χ1v) is 14.4. The van der Waals surface area contributed by atoms with Crippen LogP contribution in [0.15, 0.2) is 60.8 Å². The van der Waals surface area contributed by atoms with Crippen LogP contribution in [-0.4, -0.2) is 47.8 Å². The smallest absolute Gasteiger partial charge is 0.303 e. The van der Waals surface area contributed by atoms with E-state index in [-0.39, 0.29) is 13.0 Å². The quantitative estimate of drug-likeness (QED) is 0.201. The Morgan fingerprint density at radius 2 is 1.76 bits per heavy atom. The molecule has 1 saturated heterocycles. The Hall–Kier alpha value is -3.95. The Morgan fingerprint density at radius 3 is 2.44 bits per heavy atom. The molecule has 4 aromatic rings. The van der Waals surface area contributed by atoms with Gasteiger partial charge in [-0.2, -0.15) is 0 Å². The lowest BCUT2D eigenvalue weighted by atomic mass is 9.86. The molecule has 3 heterocycles. The van der Waals surface area contributed by atoms with E-state index in [0.717, 1.165) is 27.9 Å². The number of carbonyl (C=O) groups is 3. The van der Waals surface area contributed by atoms with E-state index < -0.39 is 42.3 Å². The zero-order valence-corrected chi connectivity index (χ0v) is 24.3. The van der Waals surface area contributed by atoms with Crippen molar-refractivity contribution in [1.29, 1.82) is 0 Å². The number of esters is 3. The van der Waals surface area contributed by atoms with Gasteiger partial charge in [0.25, 0.3) is 0 Å². The van der Waals surface area contributed by atoms with Gasteiger partial charge in [-0.1, -0.05) is 24.3 Å². The summed E-state index contributed by atoms with van der Waals surface area (Å²) in [5.74, 6) is -1.46. The van der Waals surface area contributed by atoms with Gasteiger partial charge in [0.2, 0.25) is 0 Å². The van der Waals surface area contributed by atoms with Crippen molar-refractivity contribution >= 4 is 39.3 Å². The number of thiophene rings is 1. The number of hydrogen-bond donors (Lipinski definition) is 1. The van der Waals surface area contributed by atoms with E-state index in [1.54, 1.807) is 11.3 Å². The standard InChI is InChI=1S/C32H33NO7S/c1-18-12-26(28-9-7-11-33-28)27(15-23(18)14-25-13-22-8-5-6-10-30(22)41-25)31-32(39-21(4)36)29(38-20(3)35)16-24(40-31)17-37-19(2)34/h5-13,15,24,29,31-33H,14,16-17H2,1-4H3/t24-,29-,31-,32+/m0/s1. The molecular formula is C32H33NO7S. The molecule has 8 nitrogen and oxygen atoms in total. The van der Waals surface area contributed by atoms with Gasteiger partial charge in [-0.15, -0.1) is 11.3 Å². The molecule has 0 saturated carbocycles. The van der Waals surface area contributed by atoms with Crippen molar-refractivity contribution in [2.45, 2.75) is 65.0 Å². The minimum atomic E-state index is -0.904. The number of rotatable bonds is 8. The average Bonchev–Trinajstić information content (AvgIpc) is 3.59. The number of hydrogen-bond acceptors (Lipinski definition) is 8. The molecule has 0 amide bonds. The fourth-order valence-corrected chi connectivity index (χ4v) is 6.48. The predicted octanol–water partition coefficient (Wildman–Crippen LogP) is 6.05. The lowest BCUT2D eigenvalue weighted by molar-refractivity contribution is -0.214. The Kier molecular flexibility index (Phi) is 8.56. The Labute approximate surface area is 242 Å². The highest BCUT2D eigenvalue weighted by Crippen LogP contribution is 2.41. The number of nitrogens with one attached hydrogen (secondary N) is 1. The normalized spacial score (nSPS) is 20.5. The van der Waals surface area contributed by atoms with E-state index >= 15 is 0 Å². The summed E-state index contributed by atoms with van der Waals surface area (Å²) >= 11 is 1.76. The SMILES string of the molecule is CC(=O)OC[C@@H]1C[C@H](OC(C)=O)[C@@H](OC(C)=O)[C@H](c2cc(Cc3cc4ccccc4s3)c(C)cc2-c2ccc[nH]2)O1. The molecule has 0 spiro atoms. The predicted molar refractivity (Wildman–Crippen MR) is 156 cm³/mol. The van der Waals surface area contributed by atoms with Gasteiger partial charge in [0.15, 0.2) is 6.10 Å². The maximum absolute atomic E-state index is 12.3. The summed E-state index contributed by atoms with van der Waals surface area (Å²) in [6, 6.07) is 18.6. The molecule has 214 valence electrons. The second kappa shape index (κ2) is 12.3. The Morgan fingerprint density at radius 1 is 0.976 bits per heavy atom. The van der Waals surface area contributed by atoms with Crippen molar-refractivity contribution in [2.24, 2.45) is 0 Å². The van der Waals surface area contributed by atoms with E-state index in [2.05, 4.69) is 42.2 Å². The highest BCUT2D eigenvalue weighted by atomic mass is 32.1. The monoisotopic (exact) mass is 575 g/mol. The number of carbonyl (C=O) groups excluding carboxylic acids is 3. The third-order valence-electron chi connectivity index (χ3n) is 7.13. The molecule has 1 aliphatic rings. The largest absolute Gasteiger partial charge is 0.463 e. The molecule has 1 N–H and O–H groups in total. The van der Waals surface area contributed by atoms with Crippen LogP contribution >= 0.6 is 11.3 Å². The number of fused-ring (bicyclic) bond motifs is 1. The van der Waals surface area contributed by atoms with Crippen LogP contribution in [0.1, 0.15) is 54.9 Å². The molecule has 0 aliphatic carbocycles. The first-order chi connectivity index (χ1) is 19.7. The summed E-state index contributed by atoms with van der Waals surface area (Å²) in [5, 5.41) is 1.21. The summed E-state index contributed by atoms with van der Waals surface area (Å²) in [7, 11) is 0. The van der Waals surface area contributed by atoms with Gasteiger partial charge in [-0.25, -0.2) is 0 Å². The highest BCUT2D eigenvalue weighted by molar-refractivity contribution is 7.19. The van der Waals surface area contributed by atoms with Crippen LogP contribution in [-0.2, 0) is 39.8 Å². The van der Waals surface area contributed by atoms with E-state index in [4.69, 9.17) is 18.9 Å². The van der Waals surface area contributed by atoms with Crippen molar-refractivity contribution in [3.05, 3.63) is 82.4 Å². The minimum absolute atomic E-state index is 0.0191. The van der Waals surface area contributed by atoms with Crippen molar-refractivity contribution in [2.75, 3.05) is 6.61 Å². The molecule has 1 fully saturated rings. The van der Waals surface area contributed by atoms with Crippen molar-refractivity contribution in [3.8, 4) is 11.3 Å². The van der Waals surface area contributed by atoms with Crippen LogP contribution in [0.5, 0.6) is 0 Å². The molecule has 2 aromatic heterocycles. The van der Waals surface area contributed by atoms with Crippen LogP contribution in [0.4, 0.5) is 0 Å². The molecular weight excluding hydrogens is 542 g/mol. The summed E-state index contributed by atoms with van der Waals surface area (Å²) in [4.78, 5) is 40.5. The van der Waals surface area contributed by atoms with Crippen LogP contribution < -0.4 is 0 Å². The topological polar surface area (TPSA) is 104 Å². The second-order valence-corrected chi connectivity index (χ2v) is 11.5. The fourth-order valence-electron chi connectivity index (χ4n) is 5.39. The number of aromatic nitrogens is 1. The van der Waals surface area contributed by atoms with Gasteiger partial charge < -0.3 is 23.9 Å². The lowest BCUT2D eigenvalue weighted by Gasteiger charge is -2.41. The Balaban J connectivity index is 1.61. The maximum Gasteiger partial charge on any atom is 0.303 e. The van der Waals surface area contributed by atoms with Gasteiger partial charge in [0.05, 0.1) is 6.10 Å². The summed E-state index contributed by atoms with van der Waals surface area (Å²) in [6.07, 6.45) is -0.312. The number of aromatic amines is 1. The summed E-state index contributed by atoms with van der Waals surface area (Å²) in [6.45, 7) is 6.02. The van der Waals surface area contributed by atoms with Gasteiger partial charge in [-0.3, -0.25) is 14.4 Å². The van der Waals surface area contributed by atoms with Crippen LogP contribution in [0.25, 0.3) is 21.3 Å². The highest BCUT2D eigenvalue weighted by Gasteiger charge is 2.45. The number of aryl methyl sites for hydroxylation is 1. The van der Waals surface area contributed by atoms with Crippen molar-refractivity contribution in [1.82, 2.24) is 4.98 Å². The van der Waals surface area contributed by atoms with E-state index in [0.29, 0.717) is 6.42 Å². The fraction of sp³-hybridized carbons (Fsp3) is 0.344. The van der Waals surface area contributed by atoms with E-state index in [1.807, 2.05) is 30.5 Å². The molecule has 0 bridgehead atoms. The zero-order valence-electron chi connectivity index (χ0n) is 23.5. The zero-order chi connectivity index (χ0) is 29.1. The molecule has 4 atom stereocenters. The van der Waals surface area contributed by atoms with Gasteiger partial charge in [0.1, 0.15) is 18.8 Å². The molecule has 0 radical (unpaired) electrons. The lowest BCUT2D eigenvalue weighted by Crippen LogP contribution is -2.49. The van der Waals surface area contributed by atoms with Crippen molar-refractivity contribution < 1.29 is 33.3 Å². The summed E-state index contributed by atoms with van der Waals surface area (Å²) in [5.41, 5.74) is 4.73. The van der Waals surface area contributed by atoms with Crippen LogP contribution in [0.3, 0.4) is 0 Å². The number of ether oxygens (including phenoxy) is 4. The Bertz CT molecular complexity index is 1520. The molecule has 1 aliphatic heterocycles. The molecule has 0 unspecified atom stereocenters. The van der Waals surface area contributed by atoms with Gasteiger partial charge in [-0.05, 0) is 59.3 Å². The third-order valence-corrected chi connectivity index (χ3v) is 8.25. The number of H-pyrrole nitrogens is 1. The van der Waals surface area contributed by atoms with Gasteiger partial charge in [0, 0.05) is 60.6 Å². The third kappa shape index (κ3) is 6.69. The number of benzene rings is 2.